The van der Waals surface area contributed by atoms with E-state index in [9.17, 15) is 0 Å². The molecule has 1 rings (SSSR count). The van der Waals surface area contributed by atoms with E-state index in [1.807, 2.05) is 0 Å². The van der Waals surface area contributed by atoms with E-state index in [1.54, 1.807) is 0 Å². The second kappa shape index (κ2) is 8.08. The Balaban J connectivity index is 2.07. The molecule has 0 spiro atoms. The molecule has 1 N–H and O–H groups in total. The molecule has 16 heavy (non-hydrogen) atoms. The summed E-state index contributed by atoms with van der Waals surface area (Å²) in [5.74, 6) is 0.924. The van der Waals surface area contributed by atoms with E-state index >= 15 is 0 Å². The molecule has 1 saturated heterocycles. The lowest BCUT2D eigenvalue weighted by Gasteiger charge is -2.32. The van der Waals surface area contributed by atoms with E-state index in [0.717, 1.165) is 5.92 Å². The predicted molar refractivity (Wildman–Crippen MR) is 71.8 cm³/mol. The number of piperidine rings is 1. The Morgan fingerprint density at radius 1 is 1.19 bits per heavy atom. The first-order valence-corrected chi connectivity index (χ1v) is 7.22. The monoisotopic (exact) mass is 226 g/mol. The van der Waals surface area contributed by atoms with Crippen molar-refractivity contribution in [3.05, 3.63) is 0 Å². The van der Waals surface area contributed by atoms with E-state index < -0.39 is 0 Å². The van der Waals surface area contributed by atoms with Gasteiger partial charge in [-0.3, -0.25) is 0 Å². The average Bonchev–Trinajstić information content (AvgIpc) is 2.29. The standard InChI is InChI=1S/C14H30N2/c1-4-6-13(3)15-12-14-7-10-16(9-5-2)11-8-14/h13-15H,4-12H2,1-3H3. The molecule has 1 aliphatic heterocycles. The molecule has 1 heterocycles. The Morgan fingerprint density at radius 3 is 2.44 bits per heavy atom. The zero-order chi connectivity index (χ0) is 11.8. The summed E-state index contributed by atoms with van der Waals surface area (Å²) in [7, 11) is 0. The van der Waals surface area contributed by atoms with Crippen molar-refractivity contribution in [1.29, 1.82) is 0 Å². The number of rotatable bonds is 7. The molecule has 1 unspecified atom stereocenters. The van der Waals surface area contributed by atoms with Gasteiger partial charge in [-0.1, -0.05) is 20.3 Å². The molecule has 2 heteroatoms. The Kier molecular flexibility index (Phi) is 7.06. The molecule has 0 bridgehead atoms. The molecule has 1 fully saturated rings. The van der Waals surface area contributed by atoms with Gasteiger partial charge in [0.05, 0.1) is 0 Å². The largest absolute Gasteiger partial charge is 0.314 e. The van der Waals surface area contributed by atoms with Crippen LogP contribution in [-0.4, -0.2) is 37.1 Å². The number of nitrogens with one attached hydrogen (secondary N) is 1. The Bertz CT molecular complexity index is 162. The summed E-state index contributed by atoms with van der Waals surface area (Å²) < 4.78 is 0. The summed E-state index contributed by atoms with van der Waals surface area (Å²) in [5.41, 5.74) is 0. The third-order valence-electron chi connectivity index (χ3n) is 3.72. The Morgan fingerprint density at radius 2 is 1.88 bits per heavy atom. The van der Waals surface area contributed by atoms with Crippen molar-refractivity contribution < 1.29 is 0 Å². The SMILES string of the molecule is CCCC(C)NCC1CCN(CCC)CC1. The minimum absolute atomic E-state index is 0.707. The lowest BCUT2D eigenvalue weighted by molar-refractivity contribution is 0.180. The lowest BCUT2D eigenvalue weighted by Crippen LogP contribution is -2.39. The molecule has 0 aromatic heterocycles. The van der Waals surface area contributed by atoms with Crippen LogP contribution in [0.3, 0.4) is 0 Å². The van der Waals surface area contributed by atoms with Crippen LogP contribution in [0.25, 0.3) is 0 Å². The van der Waals surface area contributed by atoms with Crippen LogP contribution in [0.2, 0.25) is 0 Å². The maximum atomic E-state index is 3.68. The van der Waals surface area contributed by atoms with Crippen molar-refractivity contribution in [1.82, 2.24) is 10.2 Å². The summed E-state index contributed by atoms with van der Waals surface area (Å²) >= 11 is 0. The van der Waals surface area contributed by atoms with Gasteiger partial charge in [0.15, 0.2) is 0 Å². The van der Waals surface area contributed by atoms with Gasteiger partial charge in [0.2, 0.25) is 0 Å². The second-order valence-electron chi connectivity index (χ2n) is 5.38. The molecule has 0 aromatic carbocycles. The van der Waals surface area contributed by atoms with Crippen LogP contribution < -0.4 is 5.32 Å². The highest BCUT2D eigenvalue weighted by Gasteiger charge is 2.18. The van der Waals surface area contributed by atoms with Gasteiger partial charge < -0.3 is 10.2 Å². The minimum Gasteiger partial charge on any atom is -0.314 e. The van der Waals surface area contributed by atoms with Crippen molar-refractivity contribution in [2.24, 2.45) is 5.92 Å². The number of hydrogen-bond donors (Lipinski definition) is 1. The van der Waals surface area contributed by atoms with Crippen LogP contribution >= 0.6 is 0 Å². The fourth-order valence-electron chi connectivity index (χ4n) is 2.63. The summed E-state index contributed by atoms with van der Waals surface area (Å²) in [4.78, 5) is 2.62. The van der Waals surface area contributed by atoms with Gasteiger partial charge in [-0.25, -0.2) is 0 Å². The molecule has 0 aliphatic carbocycles. The number of nitrogens with zero attached hydrogens (tertiary/aromatic N) is 1. The molecule has 0 saturated carbocycles. The molecule has 1 atom stereocenters. The van der Waals surface area contributed by atoms with Crippen molar-refractivity contribution in [3.8, 4) is 0 Å². The highest BCUT2D eigenvalue weighted by molar-refractivity contribution is 4.74. The second-order valence-corrected chi connectivity index (χ2v) is 5.38. The van der Waals surface area contributed by atoms with E-state index in [1.165, 1.54) is 58.3 Å². The molecular weight excluding hydrogens is 196 g/mol. The summed E-state index contributed by atoms with van der Waals surface area (Å²) in [6, 6.07) is 0.707. The third kappa shape index (κ3) is 5.31. The first-order valence-electron chi connectivity index (χ1n) is 7.22. The van der Waals surface area contributed by atoms with Crippen molar-refractivity contribution in [3.63, 3.8) is 0 Å². The van der Waals surface area contributed by atoms with Crippen LogP contribution in [0.15, 0.2) is 0 Å². The van der Waals surface area contributed by atoms with Gasteiger partial charge in [0.1, 0.15) is 0 Å². The number of likely N-dealkylation sites (tertiary alicyclic amines) is 1. The maximum absolute atomic E-state index is 3.68. The molecule has 0 radical (unpaired) electrons. The van der Waals surface area contributed by atoms with Crippen LogP contribution in [0, 0.1) is 5.92 Å². The minimum atomic E-state index is 0.707. The van der Waals surface area contributed by atoms with Crippen molar-refractivity contribution >= 4 is 0 Å². The molecule has 0 amide bonds. The predicted octanol–water partition coefficient (Wildman–Crippen LogP) is 2.89. The number of hydrogen-bond acceptors (Lipinski definition) is 2. The molecular formula is C14H30N2. The van der Waals surface area contributed by atoms with Gasteiger partial charge >= 0.3 is 0 Å². The van der Waals surface area contributed by atoms with E-state index in [4.69, 9.17) is 0 Å². The molecule has 0 aromatic rings. The first kappa shape index (κ1) is 14.0. The highest BCUT2D eigenvalue weighted by atomic mass is 15.1. The zero-order valence-electron chi connectivity index (χ0n) is 11.5. The third-order valence-corrected chi connectivity index (χ3v) is 3.72. The van der Waals surface area contributed by atoms with Gasteiger partial charge in [-0.2, -0.15) is 0 Å². The molecule has 1 aliphatic rings. The summed E-state index contributed by atoms with van der Waals surface area (Å²) in [6.45, 7) is 12.0. The van der Waals surface area contributed by atoms with Crippen LogP contribution in [0.4, 0.5) is 0 Å². The van der Waals surface area contributed by atoms with Crippen molar-refractivity contribution in [2.75, 3.05) is 26.2 Å². The summed E-state index contributed by atoms with van der Waals surface area (Å²) in [5, 5.41) is 3.68. The van der Waals surface area contributed by atoms with Gasteiger partial charge in [-0.15, -0.1) is 0 Å². The van der Waals surface area contributed by atoms with E-state index in [2.05, 4.69) is 31.0 Å². The fraction of sp³-hybridized carbons (Fsp3) is 1.00. The van der Waals surface area contributed by atoms with Gasteiger partial charge in [-0.05, 0) is 64.7 Å². The van der Waals surface area contributed by atoms with E-state index in [-0.39, 0.29) is 0 Å². The van der Waals surface area contributed by atoms with Gasteiger partial charge in [0, 0.05) is 6.04 Å². The van der Waals surface area contributed by atoms with E-state index in [0.29, 0.717) is 6.04 Å². The van der Waals surface area contributed by atoms with Gasteiger partial charge in [0.25, 0.3) is 0 Å². The first-order chi connectivity index (χ1) is 7.76. The van der Waals surface area contributed by atoms with Crippen LogP contribution in [0.5, 0.6) is 0 Å². The smallest absolute Gasteiger partial charge is 0.00387 e. The highest BCUT2D eigenvalue weighted by Crippen LogP contribution is 2.16. The normalized spacial score (nSPS) is 21.2. The van der Waals surface area contributed by atoms with Crippen LogP contribution in [-0.2, 0) is 0 Å². The van der Waals surface area contributed by atoms with Crippen LogP contribution in [0.1, 0.15) is 52.9 Å². The zero-order valence-corrected chi connectivity index (χ0v) is 11.5. The maximum Gasteiger partial charge on any atom is 0.00387 e. The quantitative estimate of drug-likeness (QED) is 0.718. The fourth-order valence-corrected chi connectivity index (χ4v) is 2.63. The molecule has 96 valence electrons. The van der Waals surface area contributed by atoms with Crippen molar-refractivity contribution in [2.45, 2.75) is 58.9 Å². The topological polar surface area (TPSA) is 15.3 Å². The Labute approximate surface area is 102 Å². The molecule has 2 nitrogen and oxygen atoms in total. The average molecular weight is 226 g/mol. The summed E-state index contributed by atoms with van der Waals surface area (Å²) in [6.07, 6.45) is 6.70. The lowest BCUT2D eigenvalue weighted by atomic mass is 9.96. The Hall–Kier alpha value is -0.0800.